The van der Waals surface area contributed by atoms with Crippen LogP contribution in [0.2, 0.25) is 5.15 Å². The number of hydrogen-bond acceptors (Lipinski definition) is 4. The molecule has 106 valence electrons. The van der Waals surface area contributed by atoms with Gasteiger partial charge in [0, 0.05) is 12.6 Å². The number of nitrogen functional groups attached to an aromatic ring is 1. The van der Waals surface area contributed by atoms with Gasteiger partial charge in [-0.1, -0.05) is 17.7 Å². The number of ether oxygens (including phenoxy) is 1. The Morgan fingerprint density at radius 1 is 1.55 bits per heavy atom. The van der Waals surface area contributed by atoms with E-state index in [-0.39, 0.29) is 23.6 Å². The van der Waals surface area contributed by atoms with Gasteiger partial charge in [0.1, 0.15) is 17.3 Å². The van der Waals surface area contributed by atoms with Gasteiger partial charge in [0.15, 0.2) is 5.75 Å². The molecule has 0 aliphatic heterocycles. The fourth-order valence-electron chi connectivity index (χ4n) is 1.87. The Morgan fingerprint density at radius 2 is 2.25 bits per heavy atom. The van der Waals surface area contributed by atoms with E-state index in [9.17, 15) is 4.79 Å². The summed E-state index contributed by atoms with van der Waals surface area (Å²) >= 11 is 6.10. The average Bonchev–Trinajstić information content (AvgIpc) is 2.62. The SMILES string of the molecule is Cc1nn(C)c(Cl)c1COc1c(N)cccc1C(=O)O. The molecule has 0 radical (unpaired) electrons. The highest BCUT2D eigenvalue weighted by Gasteiger charge is 2.17. The number of halogens is 1. The molecule has 7 heteroatoms. The number of aryl methyl sites for hydroxylation is 2. The Bertz CT molecular complexity index is 667. The first-order valence-corrected chi connectivity index (χ1v) is 6.22. The number of benzene rings is 1. The maximum atomic E-state index is 11.1. The molecule has 0 spiro atoms. The second kappa shape index (κ2) is 5.42. The number of aromatic nitrogens is 2. The van der Waals surface area contributed by atoms with Crippen LogP contribution in [-0.2, 0) is 13.7 Å². The van der Waals surface area contributed by atoms with E-state index in [1.54, 1.807) is 26.1 Å². The maximum absolute atomic E-state index is 11.1. The van der Waals surface area contributed by atoms with E-state index in [0.717, 1.165) is 5.69 Å². The fraction of sp³-hybridized carbons (Fsp3) is 0.231. The summed E-state index contributed by atoms with van der Waals surface area (Å²) in [6.07, 6.45) is 0. The Morgan fingerprint density at radius 3 is 2.80 bits per heavy atom. The van der Waals surface area contributed by atoms with Crippen molar-refractivity contribution in [2.45, 2.75) is 13.5 Å². The fourth-order valence-corrected chi connectivity index (χ4v) is 2.10. The molecule has 0 atom stereocenters. The third-order valence-electron chi connectivity index (χ3n) is 2.91. The number of hydrogen-bond donors (Lipinski definition) is 2. The molecule has 1 aromatic heterocycles. The molecule has 0 fully saturated rings. The van der Waals surface area contributed by atoms with Crippen molar-refractivity contribution in [3.05, 3.63) is 40.2 Å². The summed E-state index contributed by atoms with van der Waals surface area (Å²) < 4.78 is 7.08. The first-order valence-electron chi connectivity index (χ1n) is 5.84. The number of para-hydroxylation sites is 1. The van der Waals surface area contributed by atoms with E-state index in [1.165, 1.54) is 10.7 Å². The number of aromatic carboxylic acids is 1. The molecule has 3 N–H and O–H groups in total. The predicted molar refractivity (Wildman–Crippen MR) is 75.1 cm³/mol. The minimum atomic E-state index is -1.10. The zero-order chi connectivity index (χ0) is 14.9. The Labute approximate surface area is 120 Å². The molecule has 1 aromatic carbocycles. The summed E-state index contributed by atoms with van der Waals surface area (Å²) in [5, 5.41) is 13.7. The van der Waals surface area contributed by atoms with E-state index in [2.05, 4.69) is 5.10 Å². The molecule has 0 amide bonds. The first kappa shape index (κ1) is 14.2. The summed E-state index contributed by atoms with van der Waals surface area (Å²) in [6, 6.07) is 4.58. The van der Waals surface area contributed by atoms with Gasteiger partial charge in [-0.25, -0.2) is 4.79 Å². The number of anilines is 1. The van der Waals surface area contributed by atoms with Crippen LogP contribution in [0.4, 0.5) is 5.69 Å². The number of carboxylic acid groups (broad SMARTS) is 1. The highest BCUT2D eigenvalue weighted by molar-refractivity contribution is 6.30. The third-order valence-corrected chi connectivity index (χ3v) is 3.38. The van der Waals surface area contributed by atoms with Gasteiger partial charge < -0.3 is 15.6 Å². The number of nitrogens with zero attached hydrogens (tertiary/aromatic N) is 2. The maximum Gasteiger partial charge on any atom is 0.339 e. The Balaban J connectivity index is 2.30. The Kier molecular flexibility index (Phi) is 3.85. The van der Waals surface area contributed by atoms with Crippen molar-refractivity contribution < 1.29 is 14.6 Å². The van der Waals surface area contributed by atoms with Gasteiger partial charge in [-0.15, -0.1) is 0 Å². The third kappa shape index (κ3) is 2.55. The summed E-state index contributed by atoms with van der Waals surface area (Å²) in [6.45, 7) is 1.91. The van der Waals surface area contributed by atoms with Crippen LogP contribution in [0, 0.1) is 6.92 Å². The summed E-state index contributed by atoms with van der Waals surface area (Å²) in [4.78, 5) is 11.1. The van der Waals surface area contributed by atoms with Crippen molar-refractivity contribution in [2.24, 2.45) is 7.05 Å². The van der Waals surface area contributed by atoms with Crippen molar-refractivity contribution in [2.75, 3.05) is 5.73 Å². The molecule has 20 heavy (non-hydrogen) atoms. The average molecular weight is 296 g/mol. The zero-order valence-corrected chi connectivity index (χ0v) is 11.8. The molecular formula is C13H14ClN3O3. The lowest BCUT2D eigenvalue weighted by atomic mass is 10.1. The lowest BCUT2D eigenvalue weighted by molar-refractivity contribution is 0.0692. The molecular weight excluding hydrogens is 282 g/mol. The molecule has 2 aromatic rings. The molecule has 0 unspecified atom stereocenters. The van der Waals surface area contributed by atoms with Crippen LogP contribution in [0.3, 0.4) is 0 Å². The topological polar surface area (TPSA) is 90.4 Å². The monoisotopic (exact) mass is 295 g/mol. The van der Waals surface area contributed by atoms with E-state index < -0.39 is 5.97 Å². The first-order chi connectivity index (χ1) is 9.41. The minimum Gasteiger partial charge on any atom is -0.486 e. The van der Waals surface area contributed by atoms with Crippen molar-refractivity contribution >= 4 is 23.3 Å². The van der Waals surface area contributed by atoms with Crippen LogP contribution in [0.25, 0.3) is 0 Å². The lowest BCUT2D eigenvalue weighted by Gasteiger charge is -2.11. The molecule has 0 aliphatic carbocycles. The van der Waals surface area contributed by atoms with Crippen molar-refractivity contribution in [3.8, 4) is 5.75 Å². The minimum absolute atomic E-state index is 0.0164. The molecule has 0 saturated heterocycles. The molecule has 0 aliphatic rings. The van der Waals surface area contributed by atoms with Crippen LogP contribution in [0.15, 0.2) is 18.2 Å². The van der Waals surface area contributed by atoms with Gasteiger partial charge in [-0.3, -0.25) is 4.68 Å². The molecule has 2 rings (SSSR count). The van der Waals surface area contributed by atoms with Gasteiger partial charge in [0.05, 0.1) is 11.4 Å². The van der Waals surface area contributed by atoms with Gasteiger partial charge in [0.25, 0.3) is 0 Å². The van der Waals surface area contributed by atoms with E-state index in [4.69, 9.17) is 27.2 Å². The number of carbonyl (C=O) groups is 1. The van der Waals surface area contributed by atoms with Crippen LogP contribution >= 0.6 is 11.6 Å². The van der Waals surface area contributed by atoms with Crippen LogP contribution < -0.4 is 10.5 Å². The number of rotatable bonds is 4. The van der Waals surface area contributed by atoms with E-state index in [1.807, 2.05) is 0 Å². The lowest BCUT2D eigenvalue weighted by Crippen LogP contribution is -2.06. The largest absolute Gasteiger partial charge is 0.486 e. The molecule has 6 nitrogen and oxygen atoms in total. The summed E-state index contributed by atoms with van der Waals surface area (Å²) in [5.74, 6) is -0.958. The highest BCUT2D eigenvalue weighted by atomic mass is 35.5. The van der Waals surface area contributed by atoms with Crippen molar-refractivity contribution in [1.29, 1.82) is 0 Å². The predicted octanol–water partition coefficient (Wildman–Crippen LogP) is 2.24. The van der Waals surface area contributed by atoms with Gasteiger partial charge in [0.2, 0.25) is 0 Å². The standard InChI is InChI=1S/C13H14ClN3O3/c1-7-9(12(14)17(2)16-7)6-20-11-8(13(18)19)4-3-5-10(11)15/h3-5H,6,15H2,1-2H3,(H,18,19). The smallest absolute Gasteiger partial charge is 0.339 e. The van der Waals surface area contributed by atoms with E-state index in [0.29, 0.717) is 10.7 Å². The van der Waals surface area contributed by atoms with Crippen LogP contribution in [0.5, 0.6) is 5.75 Å². The molecule has 0 saturated carbocycles. The van der Waals surface area contributed by atoms with Gasteiger partial charge in [-0.05, 0) is 19.1 Å². The van der Waals surface area contributed by atoms with Gasteiger partial charge >= 0.3 is 5.97 Å². The second-order valence-electron chi connectivity index (χ2n) is 4.30. The van der Waals surface area contributed by atoms with Crippen molar-refractivity contribution in [3.63, 3.8) is 0 Å². The van der Waals surface area contributed by atoms with Gasteiger partial charge in [-0.2, -0.15) is 5.10 Å². The molecule has 0 bridgehead atoms. The quantitative estimate of drug-likeness (QED) is 0.844. The normalized spacial score (nSPS) is 10.6. The highest BCUT2D eigenvalue weighted by Crippen LogP contribution is 2.28. The van der Waals surface area contributed by atoms with Crippen LogP contribution in [-0.4, -0.2) is 20.9 Å². The van der Waals surface area contributed by atoms with Crippen molar-refractivity contribution in [1.82, 2.24) is 9.78 Å². The number of carboxylic acids is 1. The summed E-state index contributed by atoms with van der Waals surface area (Å²) in [7, 11) is 1.72. The molecule has 1 heterocycles. The number of nitrogens with two attached hydrogens (primary N) is 1. The van der Waals surface area contributed by atoms with Crippen LogP contribution in [0.1, 0.15) is 21.6 Å². The zero-order valence-electron chi connectivity index (χ0n) is 11.1. The second-order valence-corrected chi connectivity index (χ2v) is 4.65. The summed E-state index contributed by atoms with van der Waals surface area (Å²) in [5.41, 5.74) is 7.47. The van der Waals surface area contributed by atoms with E-state index >= 15 is 0 Å². The Hall–Kier alpha value is -2.21.